The van der Waals surface area contributed by atoms with E-state index in [4.69, 9.17) is 9.84 Å². The Balaban J connectivity index is 1.71. The van der Waals surface area contributed by atoms with E-state index in [1.54, 1.807) is 5.01 Å². The van der Waals surface area contributed by atoms with Gasteiger partial charge in [0.05, 0.1) is 17.6 Å². The second kappa shape index (κ2) is 8.37. The first-order valence-corrected chi connectivity index (χ1v) is 9.07. The van der Waals surface area contributed by atoms with Crippen molar-refractivity contribution in [2.24, 2.45) is 11.0 Å². The molecule has 2 unspecified atom stereocenters. The zero-order valence-corrected chi connectivity index (χ0v) is 15.7. The van der Waals surface area contributed by atoms with Crippen molar-refractivity contribution in [3.05, 3.63) is 59.7 Å². The maximum Gasteiger partial charge on any atom is 0.306 e. The summed E-state index contributed by atoms with van der Waals surface area (Å²) in [6, 6.07) is 11.6. The number of hydrogen-bond donors (Lipinski definition) is 1. The van der Waals surface area contributed by atoms with Crippen molar-refractivity contribution >= 4 is 17.4 Å². The number of rotatable bonds is 7. The molecule has 0 aromatic heterocycles. The Morgan fingerprint density at radius 3 is 2.54 bits per heavy atom. The van der Waals surface area contributed by atoms with Crippen LogP contribution in [0, 0.1) is 17.6 Å². The molecule has 148 valence electrons. The second-order valence-electron chi connectivity index (χ2n) is 7.02. The van der Waals surface area contributed by atoms with Crippen molar-refractivity contribution in [2.45, 2.75) is 32.7 Å². The fourth-order valence-corrected chi connectivity index (χ4v) is 3.20. The predicted molar refractivity (Wildman–Crippen MR) is 103 cm³/mol. The van der Waals surface area contributed by atoms with Gasteiger partial charge in [-0.1, -0.05) is 25.1 Å². The first-order chi connectivity index (χ1) is 13.3. The molecule has 0 bridgehead atoms. The quantitative estimate of drug-likeness (QED) is 0.770. The molecule has 1 aliphatic rings. The molecule has 2 aromatic carbocycles. The molecule has 1 N–H and O–H groups in total. The number of hydrazone groups is 1. The summed E-state index contributed by atoms with van der Waals surface area (Å²) in [5.41, 5.74) is 2.08. The normalized spacial score (nSPS) is 17.4. The lowest BCUT2D eigenvalue weighted by molar-refractivity contribution is -0.141. The van der Waals surface area contributed by atoms with Crippen LogP contribution in [0.25, 0.3) is 0 Å². The number of anilines is 1. The molecule has 28 heavy (non-hydrogen) atoms. The maximum atomic E-state index is 14.4. The number of aliphatic carboxylic acids is 1. The monoisotopic (exact) mass is 388 g/mol. The Labute approximate surface area is 162 Å². The van der Waals surface area contributed by atoms with Gasteiger partial charge in [-0.15, -0.1) is 0 Å². The van der Waals surface area contributed by atoms with Gasteiger partial charge in [0.2, 0.25) is 0 Å². The third-order valence-electron chi connectivity index (χ3n) is 4.62. The molecular weight excluding hydrogens is 366 g/mol. The van der Waals surface area contributed by atoms with Gasteiger partial charge in [0, 0.05) is 12.1 Å². The summed E-state index contributed by atoms with van der Waals surface area (Å²) in [6.45, 7) is 3.45. The second-order valence-corrected chi connectivity index (χ2v) is 7.02. The minimum Gasteiger partial charge on any atom is -0.485 e. The van der Waals surface area contributed by atoms with Gasteiger partial charge < -0.3 is 9.84 Å². The van der Waals surface area contributed by atoms with Gasteiger partial charge >= 0.3 is 5.97 Å². The van der Waals surface area contributed by atoms with Crippen molar-refractivity contribution in [3.8, 4) is 5.75 Å². The summed E-state index contributed by atoms with van der Waals surface area (Å²) in [4.78, 5) is 10.9. The SMILES string of the molecule is CC1=NN(c2ccccc2)C(COc2c(F)cc(CC(C)C(=O)O)cc2F)C1. The van der Waals surface area contributed by atoms with Crippen LogP contribution in [-0.4, -0.2) is 29.4 Å². The molecule has 7 heteroatoms. The van der Waals surface area contributed by atoms with E-state index in [0.717, 1.165) is 23.5 Å². The summed E-state index contributed by atoms with van der Waals surface area (Å²) < 4.78 is 34.2. The van der Waals surface area contributed by atoms with Gasteiger partial charge in [-0.2, -0.15) is 5.10 Å². The highest BCUT2D eigenvalue weighted by Crippen LogP contribution is 2.28. The van der Waals surface area contributed by atoms with Gasteiger partial charge in [-0.05, 0) is 43.2 Å². The number of hydrogen-bond acceptors (Lipinski definition) is 4. The fraction of sp³-hybridized carbons (Fsp3) is 0.333. The van der Waals surface area contributed by atoms with Crippen molar-refractivity contribution in [2.75, 3.05) is 11.6 Å². The van der Waals surface area contributed by atoms with Crippen LogP contribution < -0.4 is 9.75 Å². The Bertz CT molecular complexity index is 863. The minimum absolute atomic E-state index is 0.0426. The van der Waals surface area contributed by atoms with E-state index in [1.807, 2.05) is 37.3 Å². The number of nitrogens with zero attached hydrogens (tertiary/aromatic N) is 2. The molecule has 0 saturated heterocycles. The Morgan fingerprint density at radius 1 is 1.29 bits per heavy atom. The average molecular weight is 388 g/mol. The molecule has 2 atom stereocenters. The number of halogens is 2. The summed E-state index contributed by atoms with van der Waals surface area (Å²) >= 11 is 0. The van der Waals surface area contributed by atoms with Gasteiger partial charge in [0.1, 0.15) is 6.61 Å². The number of ether oxygens (including phenoxy) is 1. The van der Waals surface area contributed by atoms with Gasteiger partial charge in [-0.3, -0.25) is 9.80 Å². The highest BCUT2D eigenvalue weighted by atomic mass is 19.1. The summed E-state index contributed by atoms with van der Waals surface area (Å²) in [5.74, 6) is -3.88. The molecule has 0 aliphatic carbocycles. The third-order valence-corrected chi connectivity index (χ3v) is 4.62. The van der Waals surface area contributed by atoms with Crippen LogP contribution in [0.15, 0.2) is 47.6 Å². The van der Waals surface area contributed by atoms with E-state index in [-0.39, 0.29) is 24.6 Å². The lowest BCUT2D eigenvalue weighted by Crippen LogP contribution is -2.32. The largest absolute Gasteiger partial charge is 0.485 e. The number of carboxylic acid groups (broad SMARTS) is 1. The predicted octanol–water partition coefficient (Wildman–Crippen LogP) is 4.26. The van der Waals surface area contributed by atoms with E-state index >= 15 is 0 Å². The van der Waals surface area contributed by atoms with Crippen LogP contribution in [0.2, 0.25) is 0 Å². The highest BCUT2D eigenvalue weighted by Gasteiger charge is 2.27. The summed E-state index contributed by atoms with van der Waals surface area (Å²) in [6.07, 6.45) is 0.674. The standard InChI is InChI=1S/C21H22F2N2O3/c1-13(21(26)27)8-15-10-18(22)20(19(23)11-15)28-12-17-9-14(2)24-25(17)16-6-4-3-5-7-16/h3-7,10-11,13,17H,8-9,12H2,1-2H3,(H,26,27). The first-order valence-electron chi connectivity index (χ1n) is 9.07. The molecule has 0 amide bonds. The zero-order chi connectivity index (χ0) is 20.3. The molecule has 0 radical (unpaired) electrons. The Hall–Kier alpha value is -2.96. The fourth-order valence-electron chi connectivity index (χ4n) is 3.20. The van der Waals surface area contributed by atoms with Crippen molar-refractivity contribution < 1.29 is 23.4 Å². The molecule has 0 saturated carbocycles. The molecule has 2 aromatic rings. The van der Waals surface area contributed by atoms with E-state index in [1.165, 1.54) is 6.92 Å². The van der Waals surface area contributed by atoms with E-state index in [9.17, 15) is 13.6 Å². The van der Waals surface area contributed by atoms with E-state index < -0.39 is 29.3 Å². The van der Waals surface area contributed by atoms with E-state index in [2.05, 4.69) is 5.10 Å². The van der Waals surface area contributed by atoms with Gasteiger partial charge in [0.25, 0.3) is 0 Å². The molecular formula is C21H22F2N2O3. The van der Waals surface area contributed by atoms with Crippen molar-refractivity contribution in [1.82, 2.24) is 0 Å². The molecule has 1 aliphatic heterocycles. The Kier molecular flexibility index (Phi) is 5.92. The zero-order valence-electron chi connectivity index (χ0n) is 15.7. The van der Waals surface area contributed by atoms with Gasteiger partial charge in [0.15, 0.2) is 17.4 Å². The van der Waals surface area contributed by atoms with Crippen LogP contribution in [0.5, 0.6) is 5.75 Å². The first kappa shape index (κ1) is 19.8. The van der Waals surface area contributed by atoms with Crippen molar-refractivity contribution in [3.63, 3.8) is 0 Å². The third kappa shape index (κ3) is 4.47. The van der Waals surface area contributed by atoms with Crippen LogP contribution in [0.4, 0.5) is 14.5 Å². The lowest BCUT2D eigenvalue weighted by Gasteiger charge is -2.24. The van der Waals surface area contributed by atoms with Gasteiger partial charge in [-0.25, -0.2) is 8.78 Å². The minimum atomic E-state index is -1.02. The van der Waals surface area contributed by atoms with Crippen LogP contribution in [0.3, 0.4) is 0 Å². The van der Waals surface area contributed by atoms with E-state index in [0.29, 0.717) is 6.42 Å². The maximum absolute atomic E-state index is 14.4. The molecule has 3 rings (SSSR count). The molecule has 0 spiro atoms. The summed E-state index contributed by atoms with van der Waals surface area (Å²) in [7, 11) is 0. The lowest BCUT2D eigenvalue weighted by atomic mass is 10.0. The Morgan fingerprint density at radius 2 is 1.93 bits per heavy atom. The molecule has 1 heterocycles. The average Bonchev–Trinajstić information content (AvgIpc) is 3.02. The number of carbonyl (C=O) groups is 1. The number of para-hydroxylation sites is 1. The molecule has 5 nitrogen and oxygen atoms in total. The summed E-state index contributed by atoms with van der Waals surface area (Å²) in [5, 5.41) is 15.2. The number of benzene rings is 2. The smallest absolute Gasteiger partial charge is 0.306 e. The highest BCUT2D eigenvalue weighted by molar-refractivity contribution is 5.86. The topological polar surface area (TPSA) is 62.1 Å². The molecule has 0 fully saturated rings. The van der Waals surface area contributed by atoms with Crippen LogP contribution in [-0.2, 0) is 11.2 Å². The van der Waals surface area contributed by atoms with Crippen molar-refractivity contribution in [1.29, 1.82) is 0 Å². The number of carboxylic acids is 1. The van der Waals surface area contributed by atoms with Crippen LogP contribution in [0.1, 0.15) is 25.8 Å². The van der Waals surface area contributed by atoms with Crippen LogP contribution >= 0.6 is 0 Å².